The highest BCUT2D eigenvalue weighted by Crippen LogP contribution is 2.23. The quantitative estimate of drug-likeness (QED) is 0.492. The van der Waals surface area contributed by atoms with E-state index in [1.54, 1.807) is 25.8 Å². The van der Waals surface area contributed by atoms with Gasteiger partial charge < -0.3 is 29.6 Å². The molecule has 8 heteroatoms. The molecule has 1 aromatic heterocycles. The van der Waals surface area contributed by atoms with E-state index in [0.717, 1.165) is 50.2 Å². The van der Waals surface area contributed by atoms with Crippen LogP contribution < -0.4 is 25.7 Å². The Morgan fingerprint density at radius 1 is 1.00 bits per heavy atom. The summed E-state index contributed by atoms with van der Waals surface area (Å²) >= 11 is 0. The SMILES string of the molecule is CNC(=O)c1cc(=O)n(CCN2CCC(NCc3cccc(OC)c3)CC2)c2cc(OC)ccc12. The van der Waals surface area contributed by atoms with Gasteiger partial charge in [0.25, 0.3) is 11.5 Å². The number of pyridine rings is 1. The van der Waals surface area contributed by atoms with Crippen molar-refractivity contribution in [1.29, 1.82) is 0 Å². The normalized spacial score (nSPS) is 14.7. The molecule has 1 aliphatic heterocycles. The molecule has 2 aromatic carbocycles. The second-order valence-electron chi connectivity index (χ2n) is 8.86. The zero-order valence-electron chi connectivity index (χ0n) is 20.7. The molecular formula is C27H34N4O4. The molecule has 1 saturated heterocycles. The number of likely N-dealkylation sites (tertiary alicyclic amines) is 1. The largest absolute Gasteiger partial charge is 0.497 e. The molecule has 0 atom stereocenters. The van der Waals surface area contributed by atoms with Crippen molar-refractivity contribution < 1.29 is 14.3 Å². The van der Waals surface area contributed by atoms with Crippen LogP contribution in [0.15, 0.2) is 53.3 Å². The maximum absolute atomic E-state index is 13.0. The maximum atomic E-state index is 13.0. The number of methoxy groups -OCH3 is 2. The number of aromatic nitrogens is 1. The molecule has 3 aromatic rings. The van der Waals surface area contributed by atoms with Gasteiger partial charge in [0.1, 0.15) is 11.5 Å². The predicted molar refractivity (Wildman–Crippen MR) is 137 cm³/mol. The van der Waals surface area contributed by atoms with Crippen molar-refractivity contribution in [2.24, 2.45) is 0 Å². The fourth-order valence-electron chi connectivity index (χ4n) is 4.69. The summed E-state index contributed by atoms with van der Waals surface area (Å²) in [7, 11) is 4.85. The highest BCUT2D eigenvalue weighted by molar-refractivity contribution is 6.06. The van der Waals surface area contributed by atoms with Gasteiger partial charge in [-0.2, -0.15) is 0 Å². The Morgan fingerprint density at radius 2 is 1.74 bits per heavy atom. The molecule has 35 heavy (non-hydrogen) atoms. The molecule has 186 valence electrons. The fourth-order valence-corrected chi connectivity index (χ4v) is 4.69. The number of nitrogens with one attached hydrogen (secondary N) is 2. The zero-order chi connectivity index (χ0) is 24.8. The van der Waals surface area contributed by atoms with E-state index in [1.165, 1.54) is 11.6 Å². The van der Waals surface area contributed by atoms with Crippen molar-refractivity contribution in [2.45, 2.75) is 32.0 Å². The number of benzene rings is 2. The Kier molecular flexibility index (Phi) is 8.05. The first kappa shape index (κ1) is 24.8. The molecule has 1 aliphatic rings. The Hall–Kier alpha value is -3.36. The number of fused-ring (bicyclic) bond motifs is 1. The van der Waals surface area contributed by atoms with Crippen molar-refractivity contribution >= 4 is 16.8 Å². The van der Waals surface area contributed by atoms with E-state index < -0.39 is 0 Å². The average Bonchev–Trinajstić information content (AvgIpc) is 2.91. The van der Waals surface area contributed by atoms with Crippen LogP contribution in [0.2, 0.25) is 0 Å². The Balaban J connectivity index is 1.39. The minimum atomic E-state index is -0.270. The molecule has 8 nitrogen and oxygen atoms in total. The van der Waals surface area contributed by atoms with Crippen LogP contribution in [0, 0.1) is 0 Å². The van der Waals surface area contributed by atoms with Crippen LogP contribution in [0.5, 0.6) is 11.5 Å². The standard InChI is InChI=1S/C27H34N4O4/c1-28-27(33)24-17-26(32)31(25-16-22(35-3)7-8-23(24)25)14-13-30-11-9-20(10-12-30)29-18-19-5-4-6-21(15-19)34-2/h4-8,15-17,20,29H,9-14,18H2,1-3H3,(H,28,33). The van der Waals surface area contributed by atoms with E-state index in [2.05, 4.69) is 27.7 Å². The van der Waals surface area contributed by atoms with Crippen molar-refractivity contribution in [3.63, 3.8) is 0 Å². The van der Waals surface area contributed by atoms with E-state index in [9.17, 15) is 9.59 Å². The Morgan fingerprint density at radius 3 is 2.46 bits per heavy atom. The summed E-state index contributed by atoms with van der Waals surface area (Å²) in [6.07, 6.45) is 2.12. The van der Waals surface area contributed by atoms with Crippen molar-refractivity contribution in [2.75, 3.05) is 40.9 Å². The minimum Gasteiger partial charge on any atom is -0.497 e. The third kappa shape index (κ3) is 5.83. The number of amides is 1. The van der Waals surface area contributed by atoms with Crippen LogP contribution in [-0.2, 0) is 13.1 Å². The number of hydrogen-bond donors (Lipinski definition) is 2. The average molecular weight is 479 g/mol. The van der Waals surface area contributed by atoms with Crippen LogP contribution in [0.1, 0.15) is 28.8 Å². The summed E-state index contributed by atoms with van der Waals surface area (Å²) in [4.78, 5) is 27.7. The van der Waals surface area contributed by atoms with E-state index in [1.807, 2.05) is 30.3 Å². The van der Waals surface area contributed by atoms with Gasteiger partial charge in [0.05, 0.1) is 25.3 Å². The van der Waals surface area contributed by atoms with E-state index >= 15 is 0 Å². The highest BCUT2D eigenvalue weighted by Gasteiger charge is 2.20. The lowest BCUT2D eigenvalue weighted by molar-refractivity contribution is 0.0964. The topological polar surface area (TPSA) is 84.8 Å². The number of carbonyl (C=O) groups is 1. The molecule has 0 bridgehead atoms. The summed E-state index contributed by atoms with van der Waals surface area (Å²) in [5.74, 6) is 1.26. The van der Waals surface area contributed by atoms with Gasteiger partial charge in [-0.15, -0.1) is 0 Å². The zero-order valence-corrected chi connectivity index (χ0v) is 20.7. The number of hydrogen-bond acceptors (Lipinski definition) is 6. The molecule has 1 fully saturated rings. The molecule has 0 unspecified atom stereocenters. The third-order valence-corrected chi connectivity index (χ3v) is 6.75. The molecule has 2 N–H and O–H groups in total. The number of ether oxygens (including phenoxy) is 2. The van der Waals surface area contributed by atoms with Gasteiger partial charge in [0.2, 0.25) is 0 Å². The van der Waals surface area contributed by atoms with Crippen LogP contribution in [0.4, 0.5) is 0 Å². The van der Waals surface area contributed by atoms with Crippen LogP contribution in [0.25, 0.3) is 10.9 Å². The van der Waals surface area contributed by atoms with Crippen LogP contribution >= 0.6 is 0 Å². The van der Waals surface area contributed by atoms with Gasteiger partial charge in [-0.25, -0.2) is 0 Å². The first-order chi connectivity index (χ1) is 17.0. The van der Waals surface area contributed by atoms with E-state index in [-0.39, 0.29) is 11.5 Å². The molecule has 1 amide bonds. The predicted octanol–water partition coefficient (Wildman–Crippen LogP) is 2.63. The monoisotopic (exact) mass is 478 g/mol. The van der Waals surface area contributed by atoms with E-state index in [0.29, 0.717) is 29.4 Å². The smallest absolute Gasteiger partial charge is 0.251 e. The highest BCUT2D eigenvalue weighted by atomic mass is 16.5. The second-order valence-corrected chi connectivity index (χ2v) is 8.86. The van der Waals surface area contributed by atoms with Crippen LogP contribution in [0.3, 0.4) is 0 Å². The number of rotatable bonds is 9. The lowest BCUT2D eigenvalue weighted by Gasteiger charge is -2.32. The first-order valence-electron chi connectivity index (χ1n) is 12.0. The maximum Gasteiger partial charge on any atom is 0.251 e. The summed E-state index contributed by atoms with van der Waals surface area (Å²) in [5, 5.41) is 7.03. The molecule has 4 rings (SSSR count). The van der Waals surface area contributed by atoms with Gasteiger partial charge in [-0.1, -0.05) is 12.1 Å². The number of carbonyl (C=O) groups excluding carboxylic acids is 1. The second kappa shape index (κ2) is 11.4. The van der Waals surface area contributed by atoms with Gasteiger partial charge in [0.15, 0.2) is 0 Å². The third-order valence-electron chi connectivity index (χ3n) is 6.75. The van der Waals surface area contributed by atoms with Crippen molar-refractivity contribution in [3.8, 4) is 11.5 Å². The van der Waals surface area contributed by atoms with Gasteiger partial charge in [0, 0.05) is 50.2 Å². The summed E-state index contributed by atoms with van der Waals surface area (Å²) in [6.45, 7) is 4.10. The summed E-state index contributed by atoms with van der Waals surface area (Å²) in [6, 6.07) is 15.5. The lowest BCUT2D eigenvalue weighted by Crippen LogP contribution is -2.43. The fraction of sp³-hybridized carbons (Fsp3) is 0.407. The number of piperidine rings is 1. The number of nitrogens with zero attached hydrogens (tertiary/aromatic N) is 2. The molecular weight excluding hydrogens is 444 g/mol. The first-order valence-corrected chi connectivity index (χ1v) is 12.0. The minimum absolute atomic E-state index is 0.181. The molecule has 0 aliphatic carbocycles. The summed E-state index contributed by atoms with van der Waals surface area (Å²) in [5.41, 5.74) is 2.13. The molecule has 0 saturated carbocycles. The molecule has 0 radical (unpaired) electrons. The lowest BCUT2D eigenvalue weighted by atomic mass is 10.0. The summed E-state index contributed by atoms with van der Waals surface area (Å²) < 4.78 is 12.4. The van der Waals surface area contributed by atoms with E-state index in [4.69, 9.17) is 9.47 Å². The molecule has 0 spiro atoms. The Bertz CT molecular complexity index is 1230. The Labute approximate surface area is 205 Å². The van der Waals surface area contributed by atoms with Gasteiger partial charge >= 0.3 is 0 Å². The van der Waals surface area contributed by atoms with Crippen LogP contribution in [-0.4, -0.2) is 62.3 Å². The molecule has 2 heterocycles. The van der Waals surface area contributed by atoms with Gasteiger partial charge in [-0.05, 0) is 55.8 Å². The van der Waals surface area contributed by atoms with Crippen molar-refractivity contribution in [1.82, 2.24) is 20.1 Å². The van der Waals surface area contributed by atoms with Gasteiger partial charge in [-0.3, -0.25) is 9.59 Å². The van der Waals surface area contributed by atoms with Crippen molar-refractivity contribution in [3.05, 3.63) is 70.0 Å².